The number of halogens is 1. The normalized spacial score (nSPS) is 14.5. The van der Waals surface area contributed by atoms with E-state index in [0.29, 0.717) is 28.7 Å². The Morgan fingerprint density at radius 1 is 1.29 bits per heavy atom. The minimum Gasteiger partial charge on any atom is -0.310 e. The second kappa shape index (κ2) is 5.96. The minimum absolute atomic E-state index is 0.112. The van der Waals surface area contributed by atoms with Crippen molar-refractivity contribution in [2.45, 2.75) is 46.5 Å². The van der Waals surface area contributed by atoms with Gasteiger partial charge in [0, 0.05) is 17.2 Å². The summed E-state index contributed by atoms with van der Waals surface area (Å²) in [6, 6.07) is 5.14. The van der Waals surface area contributed by atoms with E-state index in [1.54, 1.807) is 31.3 Å². The van der Waals surface area contributed by atoms with Crippen molar-refractivity contribution < 1.29 is 9.18 Å². The van der Waals surface area contributed by atoms with Crippen LogP contribution in [0.3, 0.4) is 0 Å². The molecule has 2 aromatic rings. The van der Waals surface area contributed by atoms with Crippen LogP contribution in [-0.2, 0) is 4.79 Å². The molecule has 3 rings (SSSR count). The van der Waals surface area contributed by atoms with Crippen molar-refractivity contribution in [3.05, 3.63) is 41.3 Å². The predicted molar refractivity (Wildman–Crippen MR) is 92.2 cm³/mol. The van der Waals surface area contributed by atoms with Crippen LogP contribution in [0.15, 0.2) is 24.4 Å². The molecule has 126 valence electrons. The van der Waals surface area contributed by atoms with E-state index in [1.165, 1.54) is 0 Å². The second-order valence-corrected chi connectivity index (χ2v) is 7.41. The number of nitrogens with one attached hydrogen (secondary N) is 1. The zero-order valence-electron chi connectivity index (χ0n) is 14.5. The van der Waals surface area contributed by atoms with Gasteiger partial charge in [0.05, 0.1) is 5.56 Å². The van der Waals surface area contributed by atoms with Crippen molar-refractivity contribution in [2.75, 3.05) is 5.32 Å². The van der Waals surface area contributed by atoms with E-state index in [9.17, 15) is 9.18 Å². The van der Waals surface area contributed by atoms with Gasteiger partial charge < -0.3 is 5.32 Å². The van der Waals surface area contributed by atoms with Crippen LogP contribution in [0, 0.1) is 18.2 Å². The second-order valence-electron chi connectivity index (χ2n) is 7.41. The molecule has 0 atom stereocenters. The Bertz CT molecular complexity index is 792. The number of amides is 1. The average Bonchev–Trinajstić information content (AvgIpc) is 3.34. The van der Waals surface area contributed by atoms with Crippen molar-refractivity contribution in [3.8, 4) is 11.4 Å². The molecule has 4 nitrogen and oxygen atoms in total. The monoisotopic (exact) mass is 327 g/mol. The summed E-state index contributed by atoms with van der Waals surface area (Å²) in [6.45, 7) is 7.25. The molecule has 0 bridgehead atoms. The molecule has 0 aliphatic heterocycles. The summed E-state index contributed by atoms with van der Waals surface area (Å²) in [4.78, 5) is 21.2. The number of carbonyl (C=O) groups is 1. The van der Waals surface area contributed by atoms with Gasteiger partial charge in [-0.3, -0.25) is 4.79 Å². The maximum atomic E-state index is 14.4. The van der Waals surface area contributed by atoms with Gasteiger partial charge in [-0.1, -0.05) is 32.9 Å². The van der Waals surface area contributed by atoms with Gasteiger partial charge in [0.1, 0.15) is 11.6 Å². The molecule has 1 amide bonds. The van der Waals surface area contributed by atoms with Gasteiger partial charge in [-0.2, -0.15) is 0 Å². The molecule has 1 heterocycles. The highest BCUT2D eigenvalue weighted by Crippen LogP contribution is 2.43. The van der Waals surface area contributed by atoms with Crippen molar-refractivity contribution in [1.82, 2.24) is 9.97 Å². The van der Waals surface area contributed by atoms with Gasteiger partial charge in [-0.15, -0.1) is 0 Å². The predicted octanol–water partition coefficient (Wildman–Crippen LogP) is 4.45. The maximum Gasteiger partial charge on any atom is 0.230 e. The zero-order chi connectivity index (χ0) is 17.5. The molecule has 0 saturated heterocycles. The number of rotatable bonds is 3. The van der Waals surface area contributed by atoms with E-state index in [4.69, 9.17) is 0 Å². The van der Waals surface area contributed by atoms with Crippen LogP contribution in [-0.4, -0.2) is 15.9 Å². The minimum atomic E-state index is -0.527. The third kappa shape index (κ3) is 3.30. The number of aromatic nitrogens is 2. The molecule has 0 unspecified atom stereocenters. The molecular weight excluding hydrogens is 305 g/mol. The zero-order valence-corrected chi connectivity index (χ0v) is 14.5. The Labute approximate surface area is 141 Å². The van der Waals surface area contributed by atoms with E-state index < -0.39 is 5.41 Å². The summed E-state index contributed by atoms with van der Waals surface area (Å²) in [5.41, 5.74) is 1.30. The maximum absolute atomic E-state index is 14.4. The standard InChI is InChI=1S/C19H22FN3O/c1-11-6-5-7-13(15(11)20)16-21-10-14(12-8-9-12)17(22-16)23-18(24)19(2,3)4/h5-7,10,12H,8-9H2,1-4H3,(H,21,22,23,24). The van der Waals surface area contributed by atoms with Crippen LogP contribution in [0.2, 0.25) is 0 Å². The summed E-state index contributed by atoms with van der Waals surface area (Å²) in [5.74, 6) is 0.744. The van der Waals surface area contributed by atoms with E-state index in [1.807, 2.05) is 20.8 Å². The number of anilines is 1. The lowest BCUT2D eigenvalue weighted by Crippen LogP contribution is -2.28. The van der Waals surface area contributed by atoms with Crippen LogP contribution in [0.5, 0.6) is 0 Å². The lowest BCUT2D eigenvalue weighted by Gasteiger charge is -2.19. The smallest absolute Gasteiger partial charge is 0.230 e. The van der Waals surface area contributed by atoms with Crippen LogP contribution < -0.4 is 5.32 Å². The average molecular weight is 327 g/mol. The first kappa shape index (κ1) is 16.6. The van der Waals surface area contributed by atoms with Crippen molar-refractivity contribution in [2.24, 2.45) is 5.41 Å². The Morgan fingerprint density at radius 3 is 2.62 bits per heavy atom. The first-order valence-electron chi connectivity index (χ1n) is 8.21. The SMILES string of the molecule is Cc1cccc(-c2ncc(C3CC3)c(NC(=O)C(C)(C)C)n2)c1F. The fourth-order valence-corrected chi connectivity index (χ4v) is 2.43. The van der Waals surface area contributed by atoms with E-state index in [-0.39, 0.29) is 11.7 Å². The Kier molecular flexibility index (Phi) is 4.11. The molecule has 0 spiro atoms. The number of hydrogen-bond donors (Lipinski definition) is 1. The lowest BCUT2D eigenvalue weighted by atomic mass is 9.95. The number of hydrogen-bond acceptors (Lipinski definition) is 3. The molecule has 1 aromatic carbocycles. The fourth-order valence-electron chi connectivity index (χ4n) is 2.43. The third-order valence-corrected chi connectivity index (χ3v) is 4.18. The van der Waals surface area contributed by atoms with Gasteiger partial charge >= 0.3 is 0 Å². The van der Waals surface area contributed by atoms with Crippen molar-refractivity contribution >= 4 is 11.7 Å². The molecule has 1 fully saturated rings. The largest absolute Gasteiger partial charge is 0.310 e. The van der Waals surface area contributed by atoms with Crippen molar-refractivity contribution in [1.29, 1.82) is 0 Å². The number of benzene rings is 1. The van der Waals surface area contributed by atoms with E-state index >= 15 is 0 Å². The van der Waals surface area contributed by atoms with Crippen LogP contribution in [0.1, 0.15) is 50.7 Å². The van der Waals surface area contributed by atoms with E-state index in [0.717, 1.165) is 18.4 Å². The number of aryl methyl sites for hydroxylation is 1. The number of nitrogens with zero attached hydrogens (tertiary/aromatic N) is 2. The summed E-state index contributed by atoms with van der Waals surface area (Å²) < 4.78 is 14.4. The quantitative estimate of drug-likeness (QED) is 0.906. The lowest BCUT2D eigenvalue weighted by molar-refractivity contribution is -0.123. The van der Waals surface area contributed by atoms with Crippen LogP contribution in [0.4, 0.5) is 10.2 Å². The summed E-state index contributed by atoms with van der Waals surface area (Å²) in [7, 11) is 0. The molecule has 1 aliphatic carbocycles. The molecule has 1 aromatic heterocycles. The topological polar surface area (TPSA) is 54.9 Å². The Morgan fingerprint density at radius 2 is 2.00 bits per heavy atom. The van der Waals surface area contributed by atoms with Crippen LogP contribution >= 0.6 is 0 Å². The molecule has 1 aliphatic rings. The van der Waals surface area contributed by atoms with Gasteiger partial charge in [0.25, 0.3) is 0 Å². The van der Waals surface area contributed by atoms with E-state index in [2.05, 4.69) is 15.3 Å². The fraction of sp³-hybridized carbons (Fsp3) is 0.421. The van der Waals surface area contributed by atoms with Gasteiger partial charge in [-0.05, 0) is 37.3 Å². The summed E-state index contributed by atoms with van der Waals surface area (Å²) >= 11 is 0. The third-order valence-electron chi connectivity index (χ3n) is 4.18. The molecular formula is C19H22FN3O. The Hall–Kier alpha value is -2.30. The van der Waals surface area contributed by atoms with Gasteiger partial charge in [-0.25, -0.2) is 14.4 Å². The van der Waals surface area contributed by atoms with Crippen LogP contribution in [0.25, 0.3) is 11.4 Å². The molecule has 1 N–H and O–H groups in total. The number of carbonyl (C=O) groups excluding carboxylic acids is 1. The van der Waals surface area contributed by atoms with Gasteiger partial charge in [0.15, 0.2) is 5.82 Å². The summed E-state index contributed by atoms with van der Waals surface area (Å²) in [5, 5.41) is 2.90. The highest BCUT2D eigenvalue weighted by molar-refractivity contribution is 5.94. The molecule has 0 radical (unpaired) electrons. The highest BCUT2D eigenvalue weighted by atomic mass is 19.1. The van der Waals surface area contributed by atoms with Crippen molar-refractivity contribution in [3.63, 3.8) is 0 Å². The Balaban J connectivity index is 2.03. The van der Waals surface area contributed by atoms with Gasteiger partial charge in [0.2, 0.25) is 5.91 Å². The molecule has 5 heteroatoms. The highest BCUT2D eigenvalue weighted by Gasteiger charge is 2.30. The first-order valence-corrected chi connectivity index (χ1v) is 8.21. The molecule has 1 saturated carbocycles. The molecule has 24 heavy (non-hydrogen) atoms. The summed E-state index contributed by atoms with van der Waals surface area (Å²) in [6.07, 6.45) is 3.86. The first-order chi connectivity index (χ1) is 11.3.